The van der Waals surface area contributed by atoms with Gasteiger partial charge in [-0.2, -0.15) is 0 Å². The van der Waals surface area contributed by atoms with Crippen molar-refractivity contribution >= 4 is 55.6 Å². The predicted octanol–water partition coefficient (Wildman–Crippen LogP) is 14.2. The van der Waals surface area contributed by atoms with E-state index in [9.17, 15) is 0 Å². The van der Waals surface area contributed by atoms with Crippen LogP contribution in [0.5, 0.6) is 0 Å². The molecule has 1 atom stereocenters. The third-order valence-electron chi connectivity index (χ3n) is 12.6. The first-order valence-electron chi connectivity index (χ1n) is 20.9. The van der Waals surface area contributed by atoms with Crippen molar-refractivity contribution in [2.75, 3.05) is 0 Å². The Balaban J connectivity index is 1.14. The van der Waals surface area contributed by atoms with Crippen molar-refractivity contribution in [3.63, 3.8) is 0 Å². The molecule has 1 aliphatic rings. The number of benzene rings is 10. The van der Waals surface area contributed by atoms with Gasteiger partial charge in [0.25, 0.3) is 0 Å². The molecule has 2 heterocycles. The molecule has 61 heavy (non-hydrogen) atoms. The maximum atomic E-state index is 16.6. The number of para-hydroxylation sites is 1. The monoisotopic (exact) mass is 795 g/mol. The zero-order valence-corrected chi connectivity index (χ0v) is 34.1. The molecule has 0 aliphatic carbocycles. The number of rotatable bonds is 6. The molecule has 0 spiro atoms. The Hall–Kier alpha value is -7.51. The summed E-state index contributed by atoms with van der Waals surface area (Å²) in [5, 5.41) is 7.12. The van der Waals surface area contributed by atoms with Crippen LogP contribution in [0.15, 0.2) is 231 Å². The van der Waals surface area contributed by atoms with E-state index in [1.165, 1.54) is 22.3 Å². The first-order chi connectivity index (χ1) is 30.1. The molecular weight excluding hydrogens is 758 g/mol. The van der Waals surface area contributed by atoms with Crippen LogP contribution in [-0.4, -0.2) is 4.57 Å². The van der Waals surface area contributed by atoms with E-state index in [0.29, 0.717) is 0 Å². The number of nitrogens with zero attached hydrogens (tertiary/aromatic N) is 1. The topological polar surface area (TPSA) is 22.0 Å². The summed E-state index contributed by atoms with van der Waals surface area (Å²) in [7, 11) is -3.39. The van der Waals surface area contributed by atoms with Gasteiger partial charge in [0.15, 0.2) is 7.14 Å². The van der Waals surface area contributed by atoms with E-state index < -0.39 is 7.14 Å². The lowest BCUT2D eigenvalue weighted by molar-refractivity contribution is 0.593. The lowest BCUT2D eigenvalue weighted by Crippen LogP contribution is -2.22. The Morgan fingerprint density at radius 2 is 0.820 bits per heavy atom. The third kappa shape index (κ3) is 5.68. The van der Waals surface area contributed by atoms with Crippen molar-refractivity contribution in [2.24, 2.45) is 0 Å². The molecule has 12 rings (SSSR count). The average Bonchev–Trinajstić information content (AvgIpc) is 3.81. The fraction of sp³-hybridized carbons (Fsp3) is 0. The SMILES string of the molecule is O=P1(c2ccccc2)c2cc3ccccc3cc2-c2ccc3c4ccccc4n(-c4cc(-c5ccc(-c6ccccc6)cc5)cc(-c5ccc(-c6ccccc6)cc5)c4)c3c21. The molecule has 286 valence electrons. The van der Waals surface area contributed by atoms with Crippen LogP contribution in [0.25, 0.3) is 93.9 Å². The van der Waals surface area contributed by atoms with E-state index >= 15 is 4.57 Å². The summed E-state index contributed by atoms with van der Waals surface area (Å²) < 4.78 is 19.0. The highest BCUT2D eigenvalue weighted by molar-refractivity contribution is 7.86. The largest absolute Gasteiger partial charge is 0.309 e. The van der Waals surface area contributed by atoms with Crippen molar-refractivity contribution in [3.8, 4) is 61.3 Å². The van der Waals surface area contributed by atoms with E-state index in [1.807, 2.05) is 18.2 Å². The molecule has 0 saturated carbocycles. The molecule has 0 N–H and O–H groups in total. The minimum absolute atomic E-state index is 0.848. The van der Waals surface area contributed by atoms with Gasteiger partial charge in [-0.15, -0.1) is 0 Å². The van der Waals surface area contributed by atoms with Gasteiger partial charge in [0.2, 0.25) is 0 Å². The van der Waals surface area contributed by atoms with Crippen molar-refractivity contribution in [1.29, 1.82) is 0 Å². The lowest BCUT2D eigenvalue weighted by Gasteiger charge is -2.20. The highest BCUT2D eigenvalue weighted by Gasteiger charge is 2.43. The molecule has 0 radical (unpaired) electrons. The van der Waals surface area contributed by atoms with E-state index in [1.54, 1.807) is 0 Å². The molecule has 1 unspecified atom stereocenters. The first-order valence-corrected chi connectivity index (χ1v) is 22.6. The molecule has 0 amide bonds. The predicted molar refractivity (Wildman–Crippen MR) is 258 cm³/mol. The minimum atomic E-state index is -3.39. The maximum absolute atomic E-state index is 16.6. The molecule has 10 aromatic carbocycles. The second-order valence-corrected chi connectivity index (χ2v) is 18.7. The van der Waals surface area contributed by atoms with Gasteiger partial charge in [0, 0.05) is 27.1 Å². The van der Waals surface area contributed by atoms with E-state index in [-0.39, 0.29) is 0 Å². The molecule has 2 nitrogen and oxygen atoms in total. The smallest absolute Gasteiger partial charge is 0.174 e. The third-order valence-corrected chi connectivity index (χ3v) is 15.7. The van der Waals surface area contributed by atoms with Gasteiger partial charge >= 0.3 is 0 Å². The van der Waals surface area contributed by atoms with Gasteiger partial charge in [-0.1, -0.05) is 194 Å². The van der Waals surface area contributed by atoms with Crippen LogP contribution < -0.4 is 15.9 Å². The quantitative estimate of drug-likeness (QED) is 0.154. The highest BCUT2D eigenvalue weighted by Crippen LogP contribution is 2.55. The normalized spacial score (nSPS) is 14.4. The van der Waals surface area contributed by atoms with Crippen molar-refractivity contribution in [2.45, 2.75) is 0 Å². The summed E-state index contributed by atoms with van der Waals surface area (Å²) in [6.45, 7) is 0. The highest BCUT2D eigenvalue weighted by atomic mass is 31.2. The van der Waals surface area contributed by atoms with Crippen molar-refractivity contribution in [1.82, 2.24) is 4.57 Å². The van der Waals surface area contributed by atoms with Gasteiger partial charge in [-0.05, 0) is 103 Å². The molecule has 1 aromatic heterocycles. The van der Waals surface area contributed by atoms with Gasteiger partial charge in [0.1, 0.15) is 0 Å². The summed E-state index contributed by atoms with van der Waals surface area (Å²) in [4.78, 5) is 0. The van der Waals surface area contributed by atoms with Crippen molar-refractivity contribution in [3.05, 3.63) is 231 Å². The molecule has 0 fully saturated rings. The first kappa shape index (κ1) is 35.4. The summed E-state index contributed by atoms with van der Waals surface area (Å²) >= 11 is 0. The van der Waals surface area contributed by atoms with Gasteiger partial charge in [0.05, 0.1) is 16.3 Å². The number of hydrogen-bond acceptors (Lipinski definition) is 1. The van der Waals surface area contributed by atoms with Crippen LogP contribution in [0, 0.1) is 0 Å². The van der Waals surface area contributed by atoms with Crippen LogP contribution in [0.2, 0.25) is 0 Å². The average molecular weight is 796 g/mol. The van der Waals surface area contributed by atoms with Crippen LogP contribution in [0.4, 0.5) is 0 Å². The fourth-order valence-corrected chi connectivity index (χ4v) is 12.9. The number of hydrogen-bond donors (Lipinski definition) is 0. The lowest BCUT2D eigenvalue weighted by atomic mass is 9.95. The summed E-state index contributed by atoms with van der Waals surface area (Å²) in [5.74, 6) is 0. The maximum Gasteiger partial charge on any atom is 0.174 e. The molecule has 1 aliphatic heterocycles. The Kier molecular flexibility index (Phi) is 8.17. The second-order valence-electron chi connectivity index (χ2n) is 16.0. The van der Waals surface area contributed by atoms with E-state index in [0.717, 1.165) is 87.6 Å². The molecule has 0 saturated heterocycles. The van der Waals surface area contributed by atoms with E-state index in [2.05, 4.69) is 217 Å². The summed E-state index contributed by atoms with van der Waals surface area (Å²) in [5.41, 5.74) is 14.4. The van der Waals surface area contributed by atoms with E-state index in [4.69, 9.17) is 0 Å². The van der Waals surface area contributed by atoms with Crippen LogP contribution in [0.1, 0.15) is 0 Å². The van der Waals surface area contributed by atoms with Gasteiger partial charge < -0.3 is 9.13 Å². The van der Waals surface area contributed by atoms with Gasteiger partial charge in [-0.3, -0.25) is 0 Å². The molecular formula is C58H38NOP. The summed E-state index contributed by atoms with van der Waals surface area (Å²) in [6.07, 6.45) is 0. The van der Waals surface area contributed by atoms with Crippen LogP contribution in [0.3, 0.4) is 0 Å². The molecule has 11 aromatic rings. The number of fused-ring (bicyclic) bond motifs is 8. The van der Waals surface area contributed by atoms with Crippen molar-refractivity contribution < 1.29 is 4.57 Å². The van der Waals surface area contributed by atoms with Crippen LogP contribution >= 0.6 is 7.14 Å². The Labute approximate surface area is 355 Å². The Morgan fingerprint density at radius 3 is 1.41 bits per heavy atom. The van der Waals surface area contributed by atoms with Crippen LogP contribution in [-0.2, 0) is 4.57 Å². The second kappa shape index (κ2) is 14.1. The zero-order chi connectivity index (χ0) is 40.5. The summed E-state index contributed by atoms with van der Waals surface area (Å²) in [6, 6.07) is 82.0. The fourth-order valence-electron chi connectivity index (χ4n) is 9.62. The standard InChI is InChI=1S/C58H38NOP/c60-61(50-20-8-3-9-21-50)56-38-46-19-11-10-18-45(46)37-54(56)53-33-32-52-51-22-12-13-23-55(51)59(57(52)58(53)61)49-35-47(43-28-24-41(25-29-43)39-14-4-1-5-15-39)34-48(36-49)44-30-26-42(27-31-44)40-16-6-2-7-17-40/h1-38H. The number of aromatic nitrogens is 1. The minimum Gasteiger partial charge on any atom is -0.309 e. The van der Waals surface area contributed by atoms with Gasteiger partial charge in [-0.25, -0.2) is 0 Å². The molecule has 0 bridgehead atoms. The Morgan fingerprint density at radius 1 is 0.344 bits per heavy atom. The zero-order valence-electron chi connectivity index (χ0n) is 33.2. The Bertz CT molecular complexity index is 3420. The molecule has 3 heteroatoms.